The molecule has 3 heteroatoms. The number of anilines is 1. The molecule has 0 aliphatic carbocycles. The molecule has 1 N–H and O–H groups in total. The Morgan fingerprint density at radius 3 is 2.81 bits per heavy atom. The zero-order chi connectivity index (χ0) is 14.8. The van der Waals surface area contributed by atoms with Crippen LogP contribution in [-0.4, -0.2) is 18.8 Å². The van der Waals surface area contributed by atoms with Crippen molar-refractivity contribution in [3.63, 3.8) is 0 Å². The summed E-state index contributed by atoms with van der Waals surface area (Å²) in [6, 6.07) is 14.1. The van der Waals surface area contributed by atoms with Gasteiger partial charge in [0.25, 0.3) is 0 Å². The van der Waals surface area contributed by atoms with Crippen molar-refractivity contribution in [2.75, 3.05) is 18.6 Å². The van der Waals surface area contributed by atoms with Gasteiger partial charge in [0.15, 0.2) is 0 Å². The van der Waals surface area contributed by atoms with E-state index >= 15 is 0 Å². The molecule has 2 aromatic rings. The van der Waals surface area contributed by atoms with Gasteiger partial charge in [-0.15, -0.1) is 0 Å². The van der Waals surface area contributed by atoms with Crippen LogP contribution in [0.3, 0.4) is 0 Å². The minimum Gasteiger partial charge on any atom is -0.507 e. The van der Waals surface area contributed by atoms with Crippen molar-refractivity contribution >= 4 is 5.69 Å². The molecule has 3 nitrogen and oxygen atoms in total. The van der Waals surface area contributed by atoms with Crippen molar-refractivity contribution in [3.05, 3.63) is 53.6 Å². The molecular weight excluding hydrogens is 262 g/mol. The molecule has 0 radical (unpaired) electrons. The van der Waals surface area contributed by atoms with Crippen LogP contribution >= 0.6 is 0 Å². The lowest BCUT2D eigenvalue weighted by molar-refractivity contribution is 0.406. The van der Waals surface area contributed by atoms with E-state index in [-0.39, 0.29) is 0 Å². The lowest BCUT2D eigenvalue weighted by atomic mass is 9.93. The van der Waals surface area contributed by atoms with E-state index in [0.717, 1.165) is 25.1 Å². The van der Waals surface area contributed by atoms with Crippen LogP contribution in [0.5, 0.6) is 11.5 Å². The van der Waals surface area contributed by atoms with Crippen molar-refractivity contribution in [3.8, 4) is 11.5 Å². The Bertz CT molecular complexity index is 639. The number of fused-ring (bicyclic) bond motifs is 1. The number of phenolic OH excluding ortho intramolecular Hbond substituents is 1. The van der Waals surface area contributed by atoms with Gasteiger partial charge >= 0.3 is 0 Å². The van der Waals surface area contributed by atoms with Crippen LogP contribution in [-0.2, 0) is 13.0 Å². The Labute approximate surface area is 125 Å². The van der Waals surface area contributed by atoms with Gasteiger partial charge in [-0.3, -0.25) is 0 Å². The summed E-state index contributed by atoms with van der Waals surface area (Å²) in [7, 11) is 1.61. The molecule has 0 spiro atoms. The van der Waals surface area contributed by atoms with E-state index in [9.17, 15) is 5.11 Å². The fourth-order valence-corrected chi connectivity index (χ4v) is 3.07. The van der Waals surface area contributed by atoms with Gasteiger partial charge in [0.1, 0.15) is 11.5 Å². The van der Waals surface area contributed by atoms with Crippen molar-refractivity contribution in [1.82, 2.24) is 0 Å². The van der Waals surface area contributed by atoms with Gasteiger partial charge in [0, 0.05) is 30.4 Å². The van der Waals surface area contributed by atoms with E-state index in [1.54, 1.807) is 13.2 Å². The number of hydrogen-bond acceptors (Lipinski definition) is 3. The number of rotatable bonds is 3. The van der Waals surface area contributed by atoms with Crippen molar-refractivity contribution < 1.29 is 9.84 Å². The van der Waals surface area contributed by atoms with Gasteiger partial charge in [-0.1, -0.05) is 25.1 Å². The lowest BCUT2D eigenvalue weighted by Crippen LogP contribution is -2.33. The smallest absolute Gasteiger partial charge is 0.124 e. The summed E-state index contributed by atoms with van der Waals surface area (Å²) in [6.45, 7) is 4.01. The zero-order valence-corrected chi connectivity index (χ0v) is 12.5. The largest absolute Gasteiger partial charge is 0.507 e. The summed E-state index contributed by atoms with van der Waals surface area (Å²) in [5.74, 6) is 1.61. The lowest BCUT2D eigenvalue weighted by Gasteiger charge is -2.35. The third kappa shape index (κ3) is 2.82. The molecule has 21 heavy (non-hydrogen) atoms. The number of para-hydroxylation sites is 1. The molecule has 110 valence electrons. The van der Waals surface area contributed by atoms with Gasteiger partial charge in [0.2, 0.25) is 0 Å². The Hall–Kier alpha value is -2.16. The first kappa shape index (κ1) is 13.8. The number of hydrogen-bond donors (Lipinski definition) is 1. The molecule has 1 aliphatic rings. The van der Waals surface area contributed by atoms with E-state index in [1.165, 1.54) is 11.3 Å². The molecule has 1 atom stereocenters. The van der Waals surface area contributed by atoms with Gasteiger partial charge in [0.05, 0.1) is 7.11 Å². The maximum Gasteiger partial charge on any atom is 0.124 e. The minimum absolute atomic E-state index is 0.296. The van der Waals surface area contributed by atoms with Gasteiger partial charge in [-0.25, -0.2) is 0 Å². The average molecular weight is 283 g/mol. The van der Waals surface area contributed by atoms with Crippen molar-refractivity contribution in [1.29, 1.82) is 0 Å². The highest BCUT2D eigenvalue weighted by molar-refractivity contribution is 5.56. The van der Waals surface area contributed by atoms with Crippen molar-refractivity contribution in [2.24, 2.45) is 5.92 Å². The first-order valence-corrected chi connectivity index (χ1v) is 7.36. The Morgan fingerprint density at radius 2 is 2.05 bits per heavy atom. The van der Waals surface area contributed by atoms with E-state index in [2.05, 4.69) is 36.1 Å². The van der Waals surface area contributed by atoms with Crippen molar-refractivity contribution in [2.45, 2.75) is 19.9 Å². The monoisotopic (exact) mass is 283 g/mol. The number of methoxy groups -OCH3 is 1. The summed E-state index contributed by atoms with van der Waals surface area (Å²) in [5.41, 5.74) is 3.61. The number of benzene rings is 2. The molecule has 1 unspecified atom stereocenters. The maximum atomic E-state index is 10.2. The van der Waals surface area contributed by atoms with Gasteiger partial charge < -0.3 is 14.7 Å². The average Bonchev–Trinajstić information content (AvgIpc) is 2.49. The Kier molecular flexibility index (Phi) is 3.74. The third-order valence-corrected chi connectivity index (χ3v) is 4.09. The summed E-state index contributed by atoms with van der Waals surface area (Å²) < 4.78 is 5.14. The molecule has 3 rings (SSSR count). The molecule has 0 saturated heterocycles. The first-order valence-electron chi connectivity index (χ1n) is 7.36. The molecule has 0 aromatic heterocycles. The van der Waals surface area contributed by atoms with Crippen LogP contribution in [0.2, 0.25) is 0 Å². The third-order valence-electron chi connectivity index (χ3n) is 4.09. The zero-order valence-electron chi connectivity index (χ0n) is 12.5. The highest BCUT2D eigenvalue weighted by atomic mass is 16.5. The second-order valence-electron chi connectivity index (χ2n) is 5.81. The predicted molar refractivity (Wildman–Crippen MR) is 85.0 cm³/mol. The fraction of sp³-hybridized carbons (Fsp3) is 0.333. The molecule has 1 heterocycles. The molecule has 0 saturated carbocycles. The number of ether oxygens (including phenoxy) is 1. The standard InChI is InChI=1S/C18H21NO2/c1-13-9-14-5-3-4-6-17(14)19(11-13)12-15-7-8-16(21-2)10-18(15)20/h3-8,10,13,20H,9,11-12H2,1-2H3. The molecular formula is C18H21NO2. The van der Waals surface area contributed by atoms with Crippen LogP contribution in [0.15, 0.2) is 42.5 Å². The van der Waals surface area contributed by atoms with E-state index in [0.29, 0.717) is 17.4 Å². The molecule has 2 aromatic carbocycles. The second kappa shape index (κ2) is 5.68. The topological polar surface area (TPSA) is 32.7 Å². The molecule has 0 amide bonds. The summed E-state index contributed by atoms with van der Waals surface area (Å²) in [6.07, 6.45) is 1.13. The van der Waals surface area contributed by atoms with E-state index in [4.69, 9.17) is 4.74 Å². The fourth-order valence-electron chi connectivity index (χ4n) is 3.07. The van der Waals surface area contributed by atoms with Gasteiger partial charge in [-0.2, -0.15) is 0 Å². The van der Waals surface area contributed by atoms with E-state index in [1.807, 2.05) is 12.1 Å². The van der Waals surface area contributed by atoms with Crippen LogP contribution in [0.4, 0.5) is 5.69 Å². The highest BCUT2D eigenvalue weighted by Crippen LogP contribution is 2.32. The maximum absolute atomic E-state index is 10.2. The van der Waals surface area contributed by atoms with E-state index < -0.39 is 0 Å². The van der Waals surface area contributed by atoms with Crippen LogP contribution in [0, 0.1) is 5.92 Å². The van der Waals surface area contributed by atoms with Gasteiger partial charge in [-0.05, 0) is 36.1 Å². The van der Waals surface area contributed by atoms with Crippen LogP contribution in [0.25, 0.3) is 0 Å². The quantitative estimate of drug-likeness (QED) is 0.934. The minimum atomic E-state index is 0.296. The number of aromatic hydroxyl groups is 1. The summed E-state index contributed by atoms with van der Waals surface area (Å²) >= 11 is 0. The van der Waals surface area contributed by atoms with Crippen LogP contribution in [0.1, 0.15) is 18.1 Å². The first-order chi connectivity index (χ1) is 10.2. The molecule has 0 fully saturated rings. The number of phenols is 1. The SMILES string of the molecule is COc1ccc(CN2CC(C)Cc3ccccc32)c(O)c1. The molecule has 1 aliphatic heterocycles. The number of nitrogens with zero attached hydrogens (tertiary/aromatic N) is 1. The van der Waals surface area contributed by atoms with Crippen LogP contribution < -0.4 is 9.64 Å². The summed E-state index contributed by atoms with van der Waals surface area (Å²) in [4.78, 5) is 2.35. The second-order valence-corrected chi connectivity index (χ2v) is 5.81. The highest BCUT2D eigenvalue weighted by Gasteiger charge is 2.22. The predicted octanol–water partition coefficient (Wildman–Crippen LogP) is 3.60. The normalized spacial score (nSPS) is 17.4. The molecule has 0 bridgehead atoms. The Balaban J connectivity index is 1.88. The Morgan fingerprint density at radius 1 is 1.24 bits per heavy atom. The summed E-state index contributed by atoms with van der Waals surface area (Å²) in [5, 5.41) is 10.2.